The predicted octanol–water partition coefficient (Wildman–Crippen LogP) is 5.37. The summed E-state index contributed by atoms with van der Waals surface area (Å²) in [6.07, 6.45) is 2.50. The molecule has 0 spiro atoms. The van der Waals surface area contributed by atoms with Crippen molar-refractivity contribution in [3.05, 3.63) is 100 Å². The zero-order valence-corrected chi connectivity index (χ0v) is 21.2. The number of carbonyl (C=O) groups is 2. The van der Waals surface area contributed by atoms with Gasteiger partial charge in [-0.2, -0.15) is 16.4 Å². The topological polar surface area (TPSA) is 69.3 Å². The second-order valence-corrected chi connectivity index (χ2v) is 10.1. The van der Waals surface area contributed by atoms with Gasteiger partial charge < -0.3 is 9.80 Å². The van der Waals surface area contributed by atoms with Gasteiger partial charge in [0.15, 0.2) is 0 Å². The van der Waals surface area contributed by atoms with Crippen LogP contribution in [0.1, 0.15) is 39.3 Å². The molecule has 1 atom stereocenters. The van der Waals surface area contributed by atoms with Crippen LogP contribution in [0.3, 0.4) is 0 Å². The van der Waals surface area contributed by atoms with Gasteiger partial charge in [0.1, 0.15) is 5.69 Å². The lowest BCUT2D eigenvalue weighted by Gasteiger charge is -2.40. The summed E-state index contributed by atoms with van der Waals surface area (Å²) in [7, 11) is 1.92. The molecule has 1 aliphatic heterocycles. The van der Waals surface area contributed by atoms with E-state index in [1.807, 2.05) is 88.3 Å². The highest BCUT2D eigenvalue weighted by molar-refractivity contribution is 7.08. The molecule has 1 N–H and O–H groups in total. The number of nitrogens with zero attached hydrogens (tertiary/aromatic N) is 3. The predicted molar refractivity (Wildman–Crippen MR) is 143 cm³/mol. The van der Waals surface area contributed by atoms with Gasteiger partial charge in [0.2, 0.25) is 0 Å². The van der Waals surface area contributed by atoms with E-state index in [9.17, 15) is 9.59 Å². The number of likely N-dealkylation sites (N-methyl/N-ethyl adjacent to an activating group) is 1. The minimum Gasteiger partial charge on any atom is -0.338 e. The number of carbonyl (C=O) groups excluding carboxylic acids is 2. The van der Waals surface area contributed by atoms with Gasteiger partial charge in [-0.05, 0) is 48.3 Å². The first-order valence-corrected chi connectivity index (χ1v) is 13.3. The maximum Gasteiger partial charge on any atom is 0.271 e. The third-order valence-corrected chi connectivity index (χ3v) is 7.81. The van der Waals surface area contributed by atoms with Crippen LogP contribution >= 0.6 is 11.3 Å². The SMILES string of the molecule is CN(C(=O)c1ccsc1)[C@@H](Cc1ccccc1)C1CCN(C(=O)c2cc(-c3ccccc3)n[nH]2)CC1. The molecule has 5 rings (SSSR count). The van der Waals surface area contributed by atoms with E-state index in [0.717, 1.165) is 36.1 Å². The molecule has 2 aromatic heterocycles. The molecule has 2 amide bonds. The van der Waals surface area contributed by atoms with Crippen molar-refractivity contribution < 1.29 is 9.59 Å². The van der Waals surface area contributed by atoms with E-state index < -0.39 is 0 Å². The smallest absolute Gasteiger partial charge is 0.271 e. The van der Waals surface area contributed by atoms with Crippen molar-refractivity contribution in [2.24, 2.45) is 5.92 Å². The molecule has 0 aliphatic carbocycles. The van der Waals surface area contributed by atoms with Crippen LogP contribution in [0.2, 0.25) is 0 Å². The number of aromatic amines is 1. The monoisotopic (exact) mass is 498 g/mol. The number of rotatable bonds is 7. The van der Waals surface area contributed by atoms with E-state index in [-0.39, 0.29) is 17.9 Å². The normalized spacial score (nSPS) is 15.0. The molecular weight excluding hydrogens is 468 g/mol. The van der Waals surface area contributed by atoms with Gasteiger partial charge in [-0.25, -0.2) is 0 Å². The standard InChI is InChI=1S/C29H30N4O2S/c1-32(28(34)24-14-17-36-20-24)27(18-21-8-4-2-5-9-21)23-12-15-33(16-13-23)29(35)26-19-25(30-31-26)22-10-6-3-7-11-22/h2-11,14,17,19-20,23,27H,12-13,15-16,18H2,1H3,(H,30,31)/t27-/m0/s1. The number of H-pyrrole nitrogens is 1. The van der Waals surface area contributed by atoms with Crippen LogP contribution in [-0.4, -0.2) is 58.0 Å². The van der Waals surface area contributed by atoms with Gasteiger partial charge in [-0.1, -0.05) is 60.7 Å². The molecule has 0 saturated carbocycles. The Bertz CT molecular complexity index is 1280. The molecule has 36 heavy (non-hydrogen) atoms. The van der Waals surface area contributed by atoms with Crippen LogP contribution in [0.5, 0.6) is 0 Å². The van der Waals surface area contributed by atoms with Crippen LogP contribution in [0.25, 0.3) is 11.3 Å². The maximum absolute atomic E-state index is 13.2. The van der Waals surface area contributed by atoms with E-state index in [4.69, 9.17) is 0 Å². The molecule has 3 heterocycles. The summed E-state index contributed by atoms with van der Waals surface area (Å²) in [5, 5.41) is 11.1. The third-order valence-electron chi connectivity index (χ3n) is 7.12. The van der Waals surface area contributed by atoms with Crippen molar-refractivity contribution in [1.29, 1.82) is 0 Å². The molecule has 1 aliphatic rings. The maximum atomic E-state index is 13.2. The van der Waals surface area contributed by atoms with Crippen molar-refractivity contribution in [1.82, 2.24) is 20.0 Å². The zero-order chi connectivity index (χ0) is 24.9. The number of nitrogens with one attached hydrogen (secondary N) is 1. The second-order valence-electron chi connectivity index (χ2n) is 9.35. The molecular formula is C29H30N4O2S. The van der Waals surface area contributed by atoms with Crippen molar-refractivity contribution in [2.45, 2.75) is 25.3 Å². The fourth-order valence-corrected chi connectivity index (χ4v) is 5.69. The van der Waals surface area contributed by atoms with E-state index in [0.29, 0.717) is 24.7 Å². The van der Waals surface area contributed by atoms with Crippen molar-refractivity contribution >= 4 is 23.2 Å². The Kier molecular flexibility index (Phi) is 7.28. The number of thiophene rings is 1. The van der Waals surface area contributed by atoms with E-state index in [1.54, 1.807) is 0 Å². The summed E-state index contributed by atoms with van der Waals surface area (Å²) in [4.78, 5) is 30.2. The first kappa shape index (κ1) is 24.0. The van der Waals surface area contributed by atoms with Crippen LogP contribution in [0.4, 0.5) is 0 Å². The summed E-state index contributed by atoms with van der Waals surface area (Å²) in [6.45, 7) is 1.32. The molecule has 7 heteroatoms. The molecule has 0 bridgehead atoms. The lowest BCUT2D eigenvalue weighted by atomic mass is 9.84. The second kappa shape index (κ2) is 10.9. The highest BCUT2D eigenvalue weighted by atomic mass is 32.1. The molecule has 184 valence electrons. The van der Waals surface area contributed by atoms with Gasteiger partial charge in [0.05, 0.1) is 11.3 Å². The number of likely N-dealkylation sites (tertiary alicyclic amines) is 1. The summed E-state index contributed by atoms with van der Waals surface area (Å²) in [5.41, 5.74) is 4.22. The molecule has 1 saturated heterocycles. The number of benzene rings is 2. The number of hydrogen-bond donors (Lipinski definition) is 1. The molecule has 0 radical (unpaired) electrons. The number of amides is 2. The Morgan fingerprint density at radius 2 is 1.75 bits per heavy atom. The Labute approximate surface area is 215 Å². The largest absolute Gasteiger partial charge is 0.338 e. The fourth-order valence-electron chi connectivity index (χ4n) is 5.06. The van der Waals surface area contributed by atoms with Gasteiger partial charge in [0, 0.05) is 37.1 Å². The summed E-state index contributed by atoms with van der Waals surface area (Å²) in [6, 6.07) is 24.0. The quantitative estimate of drug-likeness (QED) is 0.372. The molecule has 1 fully saturated rings. The number of piperidine rings is 1. The minimum absolute atomic E-state index is 0.0227. The number of aromatic nitrogens is 2. The zero-order valence-electron chi connectivity index (χ0n) is 20.3. The first-order valence-electron chi connectivity index (χ1n) is 12.3. The highest BCUT2D eigenvalue weighted by Gasteiger charge is 2.33. The summed E-state index contributed by atoms with van der Waals surface area (Å²) in [5.74, 6) is 0.343. The van der Waals surface area contributed by atoms with Crippen molar-refractivity contribution in [2.75, 3.05) is 20.1 Å². The Morgan fingerprint density at radius 3 is 2.42 bits per heavy atom. The Morgan fingerprint density at radius 1 is 1.06 bits per heavy atom. The van der Waals surface area contributed by atoms with E-state index in [1.165, 1.54) is 16.9 Å². The van der Waals surface area contributed by atoms with E-state index >= 15 is 0 Å². The molecule has 6 nitrogen and oxygen atoms in total. The van der Waals surface area contributed by atoms with Gasteiger partial charge >= 0.3 is 0 Å². The van der Waals surface area contributed by atoms with Gasteiger partial charge in [-0.3, -0.25) is 14.7 Å². The molecule has 0 unspecified atom stereocenters. The van der Waals surface area contributed by atoms with Gasteiger partial charge in [-0.15, -0.1) is 0 Å². The Balaban J connectivity index is 1.27. The lowest BCUT2D eigenvalue weighted by molar-refractivity contribution is 0.0520. The first-order chi connectivity index (χ1) is 17.6. The lowest BCUT2D eigenvalue weighted by Crippen LogP contribution is -2.48. The fraction of sp³-hybridized carbons (Fsp3) is 0.276. The number of hydrogen-bond acceptors (Lipinski definition) is 4. The van der Waals surface area contributed by atoms with Crippen molar-refractivity contribution in [3.8, 4) is 11.3 Å². The highest BCUT2D eigenvalue weighted by Crippen LogP contribution is 2.28. The van der Waals surface area contributed by atoms with Crippen LogP contribution in [-0.2, 0) is 6.42 Å². The average molecular weight is 499 g/mol. The van der Waals surface area contributed by atoms with Crippen LogP contribution in [0, 0.1) is 5.92 Å². The molecule has 4 aromatic rings. The van der Waals surface area contributed by atoms with Crippen LogP contribution < -0.4 is 0 Å². The molecule has 2 aromatic carbocycles. The Hall–Kier alpha value is -3.71. The summed E-state index contributed by atoms with van der Waals surface area (Å²) >= 11 is 1.54. The average Bonchev–Trinajstić information content (AvgIpc) is 3.65. The minimum atomic E-state index is -0.0227. The van der Waals surface area contributed by atoms with Crippen LogP contribution in [0.15, 0.2) is 83.6 Å². The van der Waals surface area contributed by atoms with Gasteiger partial charge in [0.25, 0.3) is 11.8 Å². The summed E-state index contributed by atoms with van der Waals surface area (Å²) < 4.78 is 0. The van der Waals surface area contributed by atoms with E-state index in [2.05, 4.69) is 22.3 Å². The van der Waals surface area contributed by atoms with Crippen molar-refractivity contribution in [3.63, 3.8) is 0 Å². The third kappa shape index (κ3) is 5.26.